The van der Waals surface area contributed by atoms with E-state index in [1.54, 1.807) is 13.3 Å². The van der Waals surface area contributed by atoms with Crippen LogP contribution in [0.1, 0.15) is 26.5 Å². The fourth-order valence-corrected chi connectivity index (χ4v) is 1.62. The second-order valence-corrected chi connectivity index (χ2v) is 5.09. The zero-order chi connectivity index (χ0) is 15.0. The summed E-state index contributed by atoms with van der Waals surface area (Å²) in [4.78, 5) is 16.1. The third-order valence-electron chi connectivity index (χ3n) is 2.86. The van der Waals surface area contributed by atoms with Crippen molar-refractivity contribution in [3.8, 4) is 0 Å². The van der Waals surface area contributed by atoms with Gasteiger partial charge in [0.25, 0.3) is 0 Å². The smallest absolute Gasteiger partial charge is 0.227 e. The number of halogens is 1. The van der Waals surface area contributed by atoms with Crippen molar-refractivity contribution in [2.75, 3.05) is 20.1 Å². The maximum absolute atomic E-state index is 11.7. The molecule has 120 valence electrons. The average Bonchev–Trinajstić information content (AvgIpc) is 2.94. The summed E-state index contributed by atoms with van der Waals surface area (Å²) in [5, 5.41) is 8.98. The van der Waals surface area contributed by atoms with E-state index in [1.165, 1.54) is 0 Å². The number of aliphatic imine (C=N–C) groups is 1. The van der Waals surface area contributed by atoms with Gasteiger partial charge in [-0.15, -0.1) is 24.0 Å². The van der Waals surface area contributed by atoms with Crippen molar-refractivity contribution in [1.82, 2.24) is 16.0 Å². The minimum atomic E-state index is -0.504. The number of hydrogen-bond donors (Lipinski definition) is 3. The Morgan fingerprint density at radius 2 is 2.10 bits per heavy atom. The molecule has 0 saturated heterocycles. The summed E-state index contributed by atoms with van der Waals surface area (Å²) in [6, 6.07) is 3.71. The van der Waals surface area contributed by atoms with Crippen LogP contribution in [0.2, 0.25) is 0 Å². The number of amides is 1. The number of nitrogens with zero attached hydrogens (tertiary/aromatic N) is 1. The van der Waals surface area contributed by atoms with Gasteiger partial charge in [0.1, 0.15) is 12.3 Å². The Hall–Kier alpha value is -1.25. The summed E-state index contributed by atoms with van der Waals surface area (Å²) in [5.41, 5.74) is -0.504. The van der Waals surface area contributed by atoms with Crippen LogP contribution in [0.4, 0.5) is 0 Å². The fraction of sp³-hybridized carbons (Fsp3) is 0.571. The Bertz CT molecular complexity index is 444. The van der Waals surface area contributed by atoms with Crippen molar-refractivity contribution in [2.45, 2.75) is 27.3 Å². The van der Waals surface area contributed by atoms with E-state index in [2.05, 4.69) is 20.9 Å². The second-order valence-electron chi connectivity index (χ2n) is 5.09. The van der Waals surface area contributed by atoms with Gasteiger partial charge in [-0.25, -0.2) is 4.99 Å². The van der Waals surface area contributed by atoms with Crippen molar-refractivity contribution in [1.29, 1.82) is 0 Å². The molecule has 0 aliphatic rings. The van der Waals surface area contributed by atoms with E-state index in [0.717, 1.165) is 12.3 Å². The third-order valence-corrected chi connectivity index (χ3v) is 2.86. The predicted octanol–water partition coefficient (Wildman–Crippen LogP) is 1.72. The van der Waals surface area contributed by atoms with Crippen LogP contribution in [0, 0.1) is 5.41 Å². The van der Waals surface area contributed by atoms with Crippen LogP contribution in [-0.2, 0) is 11.3 Å². The summed E-state index contributed by atoms with van der Waals surface area (Å²) in [5.74, 6) is 1.46. The number of hydrogen-bond acceptors (Lipinski definition) is 3. The first-order valence-corrected chi connectivity index (χ1v) is 6.76. The van der Waals surface area contributed by atoms with Gasteiger partial charge in [0.2, 0.25) is 5.91 Å². The first-order valence-electron chi connectivity index (χ1n) is 6.76. The van der Waals surface area contributed by atoms with Gasteiger partial charge in [-0.05, 0) is 32.9 Å². The minimum absolute atomic E-state index is 0. The zero-order valence-electron chi connectivity index (χ0n) is 13.0. The first kappa shape index (κ1) is 19.8. The molecule has 0 spiro atoms. The average molecular weight is 408 g/mol. The second kappa shape index (κ2) is 9.64. The van der Waals surface area contributed by atoms with E-state index in [0.29, 0.717) is 19.0 Å². The highest BCUT2D eigenvalue weighted by Gasteiger charge is 2.26. The van der Waals surface area contributed by atoms with E-state index in [1.807, 2.05) is 32.9 Å². The topological polar surface area (TPSA) is 78.7 Å². The Kier molecular flexibility index (Phi) is 9.07. The van der Waals surface area contributed by atoms with Crippen LogP contribution < -0.4 is 16.0 Å². The highest BCUT2D eigenvalue weighted by atomic mass is 127. The standard InChI is InChI=1S/C14H24N4O2.HI/c1-5-16-13(17-9-11-7-6-8-20-11)18-10-14(2,3)12(19)15-4;/h6-8H,5,9-10H2,1-4H3,(H,15,19)(H2,16,17,18);1H. The first-order chi connectivity index (χ1) is 9.49. The summed E-state index contributed by atoms with van der Waals surface area (Å²) < 4.78 is 5.24. The highest BCUT2D eigenvalue weighted by Crippen LogP contribution is 2.13. The molecule has 0 unspecified atom stereocenters. The Morgan fingerprint density at radius 3 is 2.62 bits per heavy atom. The molecule has 0 aliphatic heterocycles. The van der Waals surface area contributed by atoms with Crippen LogP contribution >= 0.6 is 24.0 Å². The van der Waals surface area contributed by atoms with Crippen LogP contribution in [0.25, 0.3) is 0 Å². The molecule has 0 fully saturated rings. The molecule has 0 radical (unpaired) electrons. The van der Waals surface area contributed by atoms with Gasteiger partial charge in [0.15, 0.2) is 5.96 Å². The van der Waals surface area contributed by atoms with Crippen molar-refractivity contribution >= 4 is 35.8 Å². The molecule has 1 aromatic rings. The Balaban J connectivity index is 0.00000400. The van der Waals surface area contributed by atoms with E-state index in [-0.39, 0.29) is 29.9 Å². The van der Waals surface area contributed by atoms with Crippen molar-refractivity contribution in [3.05, 3.63) is 24.2 Å². The van der Waals surface area contributed by atoms with E-state index < -0.39 is 5.41 Å². The molecule has 3 N–H and O–H groups in total. The van der Waals surface area contributed by atoms with E-state index >= 15 is 0 Å². The normalized spacial score (nSPS) is 11.5. The molecule has 0 saturated carbocycles. The fourth-order valence-electron chi connectivity index (χ4n) is 1.62. The SMILES string of the molecule is CCNC(=NCc1ccco1)NCC(C)(C)C(=O)NC.I. The van der Waals surface area contributed by atoms with Crippen LogP contribution in [0.5, 0.6) is 0 Å². The van der Waals surface area contributed by atoms with E-state index in [4.69, 9.17) is 4.42 Å². The number of carbonyl (C=O) groups excluding carboxylic acids is 1. The maximum Gasteiger partial charge on any atom is 0.227 e. The monoisotopic (exact) mass is 408 g/mol. The number of furan rings is 1. The largest absolute Gasteiger partial charge is 0.467 e. The Morgan fingerprint density at radius 1 is 1.38 bits per heavy atom. The van der Waals surface area contributed by atoms with Gasteiger partial charge in [-0.1, -0.05) is 0 Å². The number of nitrogens with one attached hydrogen (secondary N) is 3. The predicted molar refractivity (Wildman–Crippen MR) is 94.8 cm³/mol. The molecule has 7 heteroatoms. The molecular formula is C14H25IN4O2. The lowest BCUT2D eigenvalue weighted by Crippen LogP contribution is -2.47. The summed E-state index contributed by atoms with van der Waals surface area (Å²) in [6.45, 7) is 7.47. The summed E-state index contributed by atoms with van der Waals surface area (Å²) >= 11 is 0. The lowest BCUT2D eigenvalue weighted by molar-refractivity contribution is -0.128. The van der Waals surface area contributed by atoms with Gasteiger partial charge in [0.05, 0.1) is 11.7 Å². The van der Waals surface area contributed by atoms with Gasteiger partial charge >= 0.3 is 0 Å². The molecule has 1 amide bonds. The Labute approximate surface area is 143 Å². The van der Waals surface area contributed by atoms with Gasteiger partial charge in [-0.2, -0.15) is 0 Å². The zero-order valence-corrected chi connectivity index (χ0v) is 15.4. The van der Waals surface area contributed by atoms with Gasteiger partial charge in [0, 0.05) is 20.1 Å². The molecule has 1 heterocycles. The molecule has 1 aromatic heterocycles. The summed E-state index contributed by atoms with van der Waals surface area (Å²) in [7, 11) is 1.64. The lowest BCUT2D eigenvalue weighted by atomic mass is 9.92. The van der Waals surface area contributed by atoms with Crippen molar-refractivity contribution < 1.29 is 9.21 Å². The lowest BCUT2D eigenvalue weighted by Gasteiger charge is -2.24. The maximum atomic E-state index is 11.7. The molecule has 0 aromatic carbocycles. The van der Waals surface area contributed by atoms with Gasteiger partial charge in [-0.3, -0.25) is 4.79 Å². The molecule has 6 nitrogen and oxygen atoms in total. The van der Waals surface area contributed by atoms with Crippen LogP contribution in [0.3, 0.4) is 0 Å². The molecule has 21 heavy (non-hydrogen) atoms. The molecule has 0 atom stereocenters. The highest BCUT2D eigenvalue weighted by molar-refractivity contribution is 14.0. The quantitative estimate of drug-likeness (QED) is 0.381. The van der Waals surface area contributed by atoms with Crippen LogP contribution in [-0.4, -0.2) is 32.0 Å². The number of rotatable bonds is 6. The summed E-state index contributed by atoms with van der Waals surface area (Å²) in [6.07, 6.45) is 1.62. The molecular weight excluding hydrogens is 383 g/mol. The molecule has 0 aliphatic carbocycles. The minimum Gasteiger partial charge on any atom is -0.467 e. The van der Waals surface area contributed by atoms with Crippen molar-refractivity contribution in [2.24, 2.45) is 10.4 Å². The van der Waals surface area contributed by atoms with Gasteiger partial charge < -0.3 is 20.4 Å². The van der Waals surface area contributed by atoms with Crippen LogP contribution in [0.15, 0.2) is 27.8 Å². The number of carbonyl (C=O) groups is 1. The third kappa shape index (κ3) is 6.83. The molecule has 0 bridgehead atoms. The molecule has 1 rings (SSSR count). The number of guanidine groups is 1. The van der Waals surface area contributed by atoms with E-state index in [9.17, 15) is 4.79 Å². The van der Waals surface area contributed by atoms with Crippen molar-refractivity contribution in [3.63, 3.8) is 0 Å².